The van der Waals surface area contributed by atoms with Crippen molar-refractivity contribution in [2.75, 3.05) is 23.0 Å². The van der Waals surface area contributed by atoms with Crippen molar-refractivity contribution in [1.82, 2.24) is 0 Å². The molecule has 1 amide bonds. The number of carboxylic acids is 1. The van der Waals surface area contributed by atoms with Crippen molar-refractivity contribution in [1.29, 1.82) is 0 Å². The molecule has 1 aliphatic rings. The molecular weight excluding hydrogens is 276 g/mol. The Bertz CT molecular complexity index is 507. The Kier molecular flexibility index (Phi) is 5.03. The van der Waals surface area contributed by atoms with Crippen molar-refractivity contribution in [2.45, 2.75) is 18.9 Å². The second kappa shape index (κ2) is 6.76. The maximum Gasteiger partial charge on any atom is 0.321 e. The van der Waals surface area contributed by atoms with Gasteiger partial charge in [-0.2, -0.15) is 0 Å². The van der Waals surface area contributed by atoms with Gasteiger partial charge in [0.05, 0.1) is 5.75 Å². The number of aryl methyl sites for hydroxylation is 1. The molecule has 20 heavy (non-hydrogen) atoms. The fourth-order valence-electron chi connectivity index (χ4n) is 2.22. The number of thioether (sulfide) groups is 1. The number of rotatable bonds is 5. The van der Waals surface area contributed by atoms with Crippen molar-refractivity contribution in [2.24, 2.45) is 5.73 Å². The van der Waals surface area contributed by atoms with E-state index in [9.17, 15) is 9.59 Å². The average Bonchev–Trinajstić information content (AvgIpc) is 2.46. The van der Waals surface area contributed by atoms with Gasteiger partial charge in [-0.05, 0) is 24.5 Å². The van der Waals surface area contributed by atoms with E-state index in [1.54, 1.807) is 4.90 Å². The minimum Gasteiger partial charge on any atom is -0.480 e. The van der Waals surface area contributed by atoms with Crippen LogP contribution in [0.1, 0.15) is 12.0 Å². The molecule has 1 aromatic carbocycles. The van der Waals surface area contributed by atoms with E-state index in [0.717, 1.165) is 25.1 Å². The summed E-state index contributed by atoms with van der Waals surface area (Å²) >= 11 is 1.27. The highest BCUT2D eigenvalue weighted by molar-refractivity contribution is 8.00. The van der Waals surface area contributed by atoms with Crippen molar-refractivity contribution < 1.29 is 14.7 Å². The molecule has 0 radical (unpaired) electrons. The molecule has 0 spiro atoms. The molecule has 1 aliphatic heterocycles. The summed E-state index contributed by atoms with van der Waals surface area (Å²) in [5.74, 6) is -0.515. The second-order valence-electron chi connectivity index (χ2n) is 4.74. The Balaban J connectivity index is 1.92. The zero-order chi connectivity index (χ0) is 14.5. The van der Waals surface area contributed by atoms with Gasteiger partial charge in [0, 0.05) is 18.0 Å². The molecule has 0 aliphatic carbocycles. The lowest BCUT2D eigenvalue weighted by molar-refractivity contribution is -0.137. The standard InChI is InChI=1S/C14H18N2O3S/c15-11(14(18)19)8-20-9-13(17)16-7-3-5-10-4-1-2-6-12(10)16/h1-2,4,6,11H,3,5,7-9,15H2,(H,18,19)/t11-/m0/s1. The summed E-state index contributed by atoms with van der Waals surface area (Å²) in [4.78, 5) is 24.6. The normalized spacial score (nSPS) is 15.6. The first-order chi connectivity index (χ1) is 9.59. The quantitative estimate of drug-likeness (QED) is 0.850. The van der Waals surface area contributed by atoms with E-state index in [2.05, 4.69) is 0 Å². The predicted octanol–water partition coefficient (Wildman–Crippen LogP) is 1.11. The zero-order valence-electron chi connectivity index (χ0n) is 11.1. The Morgan fingerprint density at radius 1 is 1.40 bits per heavy atom. The molecule has 6 heteroatoms. The van der Waals surface area contributed by atoms with Crippen molar-refractivity contribution in [3.8, 4) is 0 Å². The molecule has 0 bridgehead atoms. The largest absolute Gasteiger partial charge is 0.480 e. The Morgan fingerprint density at radius 2 is 2.15 bits per heavy atom. The number of para-hydroxylation sites is 1. The van der Waals surface area contributed by atoms with E-state index < -0.39 is 12.0 Å². The van der Waals surface area contributed by atoms with E-state index in [1.165, 1.54) is 17.3 Å². The number of carbonyl (C=O) groups excluding carboxylic acids is 1. The summed E-state index contributed by atoms with van der Waals surface area (Å²) in [6.07, 6.45) is 1.96. The van der Waals surface area contributed by atoms with E-state index in [1.807, 2.05) is 24.3 Å². The highest BCUT2D eigenvalue weighted by atomic mass is 32.2. The van der Waals surface area contributed by atoms with Gasteiger partial charge in [0.2, 0.25) is 5.91 Å². The molecule has 108 valence electrons. The third kappa shape index (κ3) is 3.52. The van der Waals surface area contributed by atoms with Crippen LogP contribution in [0.5, 0.6) is 0 Å². The first-order valence-electron chi connectivity index (χ1n) is 6.54. The highest BCUT2D eigenvalue weighted by Gasteiger charge is 2.22. The molecule has 0 aromatic heterocycles. The van der Waals surface area contributed by atoms with Gasteiger partial charge >= 0.3 is 5.97 Å². The third-order valence-corrected chi connectivity index (χ3v) is 4.30. The molecule has 1 atom stereocenters. The molecule has 1 heterocycles. The Labute approximate surface area is 122 Å². The summed E-state index contributed by atoms with van der Waals surface area (Å²) in [5.41, 5.74) is 7.58. The van der Waals surface area contributed by atoms with Crippen LogP contribution in [0, 0.1) is 0 Å². The van der Waals surface area contributed by atoms with E-state index >= 15 is 0 Å². The molecule has 0 saturated carbocycles. The van der Waals surface area contributed by atoms with Gasteiger partial charge in [-0.25, -0.2) is 0 Å². The van der Waals surface area contributed by atoms with Crippen LogP contribution in [0.25, 0.3) is 0 Å². The highest BCUT2D eigenvalue weighted by Crippen LogP contribution is 2.27. The van der Waals surface area contributed by atoms with Gasteiger partial charge < -0.3 is 15.7 Å². The number of carboxylic acid groups (broad SMARTS) is 1. The van der Waals surface area contributed by atoms with Crippen LogP contribution in [0.4, 0.5) is 5.69 Å². The van der Waals surface area contributed by atoms with Gasteiger partial charge in [-0.1, -0.05) is 18.2 Å². The number of fused-ring (bicyclic) bond motifs is 1. The molecule has 3 N–H and O–H groups in total. The van der Waals surface area contributed by atoms with Crippen LogP contribution in [0.2, 0.25) is 0 Å². The molecule has 1 aromatic rings. The predicted molar refractivity (Wildman–Crippen MR) is 80.1 cm³/mol. The summed E-state index contributed by atoms with van der Waals surface area (Å²) in [7, 11) is 0. The number of benzene rings is 1. The summed E-state index contributed by atoms with van der Waals surface area (Å²) < 4.78 is 0. The number of aliphatic carboxylic acids is 1. The van der Waals surface area contributed by atoms with Gasteiger partial charge in [0.25, 0.3) is 0 Å². The number of carbonyl (C=O) groups is 2. The maximum atomic E-state index is 12.2. The number of nitrogens with zero attached hydrogens (tertiary/aromatic N) is 1. The monoisotopic (exact) mass is 294 g/mol. The third-order valence-electron chi connectivity index (χ3n) is 3.25. The first-order valence-corrected chi connectivity index (χ1v) is 7.69. The fourth-order valence-corrected chi connectivity index (χ4v) is 3.06. The Morgan fingerprint density at radius 3 is 2.90 bits per heavy atom. The van der Waals surface area contributed by atoms with Crippen molar-refractivity contribution in [3.05, 3.63) is 29.8 Å². The van der Waals surface area contributed by atoms with Gasteiger partial charge in [0.15, 0.2) is 0 Å². The van der Waals surface area contributed by atoms with Crippen molar-refractivity contribution in [3.63, 3.8) is 0 Å². The SMILES string of the molecule is N[C@@H](CSCC(=O)N1CCCc2ccccc21)C(=O)O. The number of hydrogen-bond acceptors (Lipinski definition) is 4. The number of amides is 1. The van der Waals surface area contributed by atoms with Gasteiger partial charge in [0.1, 0.15) is 6.04 Å². The van der Waals surface area contributed by atoms with Crippen LogP contribution < -0.4 is 10.6 Å². The molecule has 2 rings (SSSR count). The number of hydrogen-bond donors (Lipinski definition) is 2. The fraction of sp³-hybridized carbons (Fsp3) is 0.429. The van der Waals surface area contributed by atoms with Crippen LogP contribution >= 0.6 is 11.8 Å². The van der Waals surface area contributed by atoms with Crippen LogP contribution in [0.3, 0.4) is 0 Å². The summed E-state index contributed by atoms with van der Waals surface area (Å²) in [6, 6.07) is 7.00. The number of anilines is 1. The average molecular weight is 294 g/mol. The minimum absolute atomic E-state index is 0.0136. The smallest absolute Gasteiger partial charge is 0.321 e. The van der Waals surface area contributed by atoms with Gasteiger partial charge in [-0.3, -0.25) is 9.59 Å². The van der Waals surface area contributed by atoms with E-state index in [4.69, 9.17) is 10.8 Å². The van der Waals surface area contributed by atoms with Crippen LogP contribution in [0.15, 0.2) is 24.3 Å². The second-order valence-corrected chi connectivity index (χ2v) is 5.77. The molecular formula is C14H18N2O3S. The number of nitrogens with two attached hydrogens (primary N) is 1. The lowest BCUT2D eigenvalue weighted by Gasteiger charge is -2.29. The molecule has 0 fully saturated rings. The van der Waals surface area contributed by atoms with Crippen LogP contribution in [-0.4, -0.2) is 41.1 Å². The van der Waals surface area contributed by atoms with E-state index in [0.29, 0.717) is 0 Å². The lowest BCUT2D eigenvalue weighted by Crippen LogP contribution is -2.37. The van der Waals surface area contributed by atoms with Crippen molar-refractivity contribution >= 4 is 29.3 Å². The summed E-state index contributed by atoms with van der Waals surface area (Å²) in [6.45, 7) is 0.724. The van der Waals surface area contributed by atoms with E-state index in [-0.39, 0.29) is 17.4 Å². The topological polar surface area (TPSA) is 83.6 Å². The minimum atomic E-state index is -1.03. The maximum absolute atomic E-state index is 12.2. The molecule has 5 nitrogen and oxygen atoms in total. The van der Waals surface area contributed by atoms with Gasteiger partial charge in [-0.15, -0.1) is 11.8 Å². The first kappa shape index (κ1) is 14.9. The lowest BCUT2D eigenvalue weighted by atomic mass is 10.0. The molecule has 0 unspecified atom stereocenters. The zero-order valence-corrected chi connectivity index (χ0v) is 11.9. The summed E-state index contributed by atoms with van der Waals surface area (Å²) in [5, 5.41) is 8.69. The molecule has 0 saturated heterocycles. The van der Waals surface area contributed by atoms with Crippen LogP contribution in [-0.2, 0) is 16.0 Å². The Hall–Kier alpha value is -1.53.